The third kappa shape index (κ3) is 2.74. The molecule has 0 saturated carbocycles. The lowest BCUT2D eigenvalue weighted by molar-refractivity contribution is -0.140. The summed E-state index contributed by atoms with van der Waals surface area (Å²) in [4.78, 5) is 11.2. The van der Waals surface area contributed by atoms with Gasteiger partial charge in [0.25, 0.3) is 0 Å². The molecule has 0 heterocycles. The molecule has 0 aromatic heterocycles. The normalized spacial score (nSPS) is 16.8. The molecule has 0 radical (unpaired) electrons. The average molecular weight is 168 g/mol. The van der Waals surface area contributed by atoms with E-state index in [0.717, 1.165) is 7.11 Å². The molecule has 2 nitrogen and oxygen atoms in total. The fourth-order valence-corrected chi connectivity index (χ4v) is 0.696. The molecule has 0 bridgehead atoms. The van der Waals surface area contributed by atoms with Crippen molar-refractivity contribution in [1.82, 2.24) is 0 Å². The Kier molecular flexibility index (Phi) is 1.76. The Morgan fingerprint density at radius 2 is 2.17 bits per heavy atom. The van der Waals surface area contributed by atoms with E-state index in [1.165, 1.54) is 12.1 Å². The van der Waals surface area contributed by atoms with Gasteiger partial charge in [0.05, 0.1) is 7.11 Å². The molecule has 0 spiro atoms. The second-order valence-corrected chi connectivity index (χ2v) is 2.11. The number of hydrogen-bond donors (Lipinski definition) is 0. The Bertz CT molecular complexity index is 376. The quantitative estimate of drug-likeness (QED) is 0.643. The lowest BCUT2D eigenvalue weighted by Gasteiger charge is -1.98. The number of rotatable bonds is 3. The van der Waals surface area contributed by atoms with Crippen LogP contribution in [-0.2, 0) is 15.9 Å². The maximum atomic E-state index is 11.2. The second-order valence-electron chi connectivity index (χ2n) is 2.11. The highest BCUT2D eigenvalue weighted by Gasteiger charge is 1.99. The van der Waals surface area contributed by atoms with E-state index in [2.05, 4.69) is 4.74 Å². The van der Waals surface area contributed by atoms with E-state index in [-0.39, 0.29) is 5.56 Å². The third-order valence-corrected chi connectivity index (χ3v) is 1.27. The van der Waals surface area contributed by atoms with Gasteiger partial charge in [-0.05, 0) is 11.9 Å². The largest absolute Gasteiger partial charge is 0.469 e. The molecule has 0 amide bonds. The number of carbonyl (C=O) groups is 1. The molecule has 0 aliphatic carbocycles. The van der Waals surface area contributed by atoms with Crippen LogP contribution in [0.3, 0.4) is 0 Å². The van der Waals surface area contributed by atoms with Crippen molar-refractivity contribution in [2.24, 2.45) is 0 Å². The van der Waals surface area contributed by atoms with Crippen LogP contribution >= 0.6 is 0 Å². The summed E-state index contributed by atoms with van der Waals surface area (Å²) in [6, 6.07) is 7.72. The zero-order valence-corrected chi connectivity index (χ0v) is 6.70. The summed E-state index contributed by atoms with van der Waals surface area (Å²) < 4.78 is 34.6. The van der Waals surface area contributed by atoms with E-state index in [1.807, 2.05) is 0 Å². The van der Waals surface area contributed by atoms with Crippen molar-refractivity contribution < 1.29 is 15.0 Å². The molecule has 0 atom stereocenters. The molecule has 2 heteroatoms. The van der Waals surface area contributed by atoms with Crippen molar-refractivity contribution in [2.75, 3.05) is 7.11 Å². The van der Waals surface area contributed by atoms with Gasteiger partial charge in [-0.1, -0.05) is 30.3 Å². The average Bonchev–Trinajstić information content (AvgIpc) is 2.28. The minimum atomic E-state index is -2.72. The number of hydrogen-bond acceptors (Lipinski definition) is 2. The maximum absolute atomic E-state index is 11.2. The van der Waals surface area contributed by atoms with Crippen LogP contribution in [0, 0.1) is 0 Å². The first kappa shape index (κ1) is 4.65. The molecular formula is C10H12O2. The highest BCUT2D eigenvalue weighted by molar-refractivity contribution is 5.69. The summed E-state index contributed by atoms with van der Waals surface area (Å²) in [5, 5.41) is 0. The first-order chi connectivity index (χ1) is 7.34. The topological polar surface area (TPSA) is 26.3 Å². The van der Waals surface area contributed by atoms with Gasteiger partial charge in [0.1, 0.15) is 0 Å². The van der Waals surface area contributed by atoms with E-state index in [1.54, 1.807) is 18.2 Å². The molecule has 0 aliphatic rings. The smallest absolute Gasteiger partial charge is 0.305 e. The SMILES string of the molecule is [2H]C([2H])(C(=O)OC)C([2H])([2H])c1ccccc1. The van der Waals surface area contributed by atoms with E-state index in [0.29, 0.717) is 0 Å². The van der Waals surface area contributed by atoms with Crippen molar-refractivity contribution in [3.05, 3.63) is 35.9 Å². The molecule has 0 unspecified atom stereocenters. The van der Waals surface area contributed by atoms with Crippen molar-refractivity contribution in [3.8, 4) is 0 Å². The summed E-state index contributed by atoms with van der Waals surface area (Å²) in [5.41, 5.74) is 0.102. The van der Waals surface area contributed by atoms with Crippen LogP contribution in [0.5, 0.6) is 0 Å². The third-order valence-electron chi connectivity index (χ3n) is 1.27. The lowest BCUT2D eigenvalue weighted by Crippen LogP contribution is -2.01. The van der Waals surface area contributed by atoms with Crippen LogP contribution in [0.1, 0.15) is 17.4 Å². The molecule has 0 saturated heterocycles. The number of aryl methyl sites for hydroxylation is 1. The summed E-state index contributed by atoms with van der Waals surface area (Å²) >= 11 is 0. The molecule has 12 heavy (non-hydrogen) atoms. The molecule has 0 aliphatic heterocycles. The Hall–Kier alpha value is -1.31. The first-order valence-corrected chi connectivity index (χ1v) is 3.48. The number of carbonyl (C=O) groups excluding carboxylic acids is 1. The standard InChI is InChI=1S/C10H12O2/c1-12-10(11)8-7-9-5-3-2-4-6-9/h2-6H,7-8H2,1H3/i7D2,8D2. The van der Waals surface area contributed by atoms with Crippen molar-refractivity contribution in [1.29, 1.82) is 0 Å². The molecule has 0 N–H and O–H groups in total. The van der Waals surface area contributed by atoms with Gasteiger partial charge in [-0.25, -0.2) is 0 Å². The van der Waals surface area contributed by atoms with Gasteiger partial charge in [0, 0.05) is 11.9 Å². The molecule has 1 aromatic rings. The molecule has 1 aromatic carbocycles. The Morgan fingerprint density at radius 3 is 2.75 bits per heavy atom. The monoisotopic (exact) mass is 168 g/mol. The molecule has 64 valence electrons. The van der Waals surface area contributed by atoms with E-state index in [4.69, 9.17) is 5.48 Å². The van der Waals surface area contributed by atoms with E-state index in [9.17, 15) is 4.79 Å². The van der Waals surface area contributed by atoms with Gasteiger partial charge < -0.3 is 4.74 Å². The highest BCUT2D eigenvalue weighted by atomic mass is 16.5. The van der Waals surface area contributed by atoms with Gasteiger partial charge in [-0.3, -0.25) is 4.79 Å². The van der Waals surface area contributed by atoms with Crippen molar-refractivity contribution in [3.63, 3.8) is 0 Å². The van der Waals surface area contributed by atoms with Gasteiger partial charge in [-0.2, -0.15) is 0 Å². The van der Waals surface area contributed by atoms with Crippen LogP contribution in [0.15, 0.2) is 30.3 Å². The minimum Gasteiger partial charge on any atom is -0.469 e. The summed E-state index contributed by atoms with van der Waals surface area (Å²) in [5.74, 6) is -1.22. The van der Waals surface area contributed by atoms with Crippen LogP contribution in [-0.4, -0.2) is 13.1 Å². The Labute approximate surface area is 77.8 Å². The van der Waals surface area contributed by atoms with Crippen molar-refractivity contribution >= 4 is 5.97 Å². The predicted octanol–water partition coefficient (Wildman–Crippen LogP) is 1.79. The van der Waals surface area contributed by atoms with E-state index < -0.39 is 18.7 Å². The molecule has 1 rings (SSSR count). The number of ether oxygens (including phenoxy) is 1. The second kappa shape index (κ2) is 4.54. The Balaban J connectivity index is 3.16. The summed E-state index contributed by atoms with van der Waals surface area (Å²) in [7, 11) is 1.03. The lowest BCUT2D eigenvalue weighted by atomic mass is 10.1. The fourth-order valence-electron chi connectivity index (χ4n) is 0.696. The van der Waals surface area contributed by atoms with Gasteiger partial charge >= 0.3 is 5.97 Å². The van der Waals surface area contributed by atoms with E-state index >= 15 is 0 Å². The van der Waals surface area contributed by atoms with Gasteiger partial charge in [0.2, 0.25) is 0 Å². The van der Waals surface area contributed by atoms with Crippen molar-refractivity contribution in [2.45, 2.75) is 12.7 Å². The van der Waals surface area contributed by atoms with Gasteiger partial charge in [-0.15, -0.1) is 0 Å². The van der Waals surface area contributed by atoms with Crippen LogP contribution in [0.25, 0.3) is 0 Å². The fraction of sp³-hybridized carbons (Fsp3) is 0.300. The van der Waals surface area contributed by atoms with Crippen LogP contribution in [0.4, 0.5) is 0 Å². The summed E-state index contributed by atoms with van der Waals surface area (Å²) in [6.07, 6.45) is -5.15. The number of esters is 1. The zero-order valence-electron chi connectivity index (χ0n) is 10.7. The molecular weight excluding hydrogens is 152 g/mol. The predicted molar refractivity (Wildman–Crippen MR) is 46.8 cm³/mol. The summed E-state index contributed by atoms with van der Waals surface area (Å²) in [6.45, 7) is 0. The highest BCUT2D eigenvalue weighted by Crippen LogP contribution is 2.02. The maximum Gasteiger partial charge on any atom is 0.305 e. The van der Waals surface area contributed by atoms with Gasteiger partial charge in [0.15, 0.2) is 0 Å². The zero-order chi connectivity index (χ0) is 12.4. The van der Waals surface area contributed by atoms with Crippen LogP contribution in [0.2, 0.25) is 0 Å². The first-order valence-electron chi connectivity index (χ1n) is 5.48. The minimum absolute atomic E-state index is 0.102. The van der Waals surface area contributed by atoms with Crippen LogP contribution < -0.4 is 0 Å². The number of methoxy groups -OCH3 is 1. The number of benzene rings is 1. The molecule has 0 fully saturated rings. The Morgan fingerprint density at radius 1 is 1.50 bits per heavy atom.